The van der Waals surface area contributed by atoms with E-state index in [9.17, 15) is 13.2 Å². The van der Waals surface area contributed by atoms with Gasteiger partial charge in [-0.2, -0.15) is 0 Å². The maximum absolute atomic E-state index is 12.2. The number of nitrogens with one attached hydrogen (secondary N) is 2. The second-order valence-electron chi connectivity index (χ2n) is 6.54. The molecule has 1 saturated heterocycles. The van der Waals surface area contributed by atoms with Gasteiger partial charge in [0.25, 0.3) is 0 Å². The van der Waals surface area contributed by atoms with Gasteiger partial charge in [-0.25, -0.2) is 13.1 Å². The van der Waals surface area contributed by atoms with Crippen molar-refractivity contribution < 1.29 is 17.9 Å². The van der Waals surface area contributed by atoms with Gasteiger partial charge in [-0.05, 0) is 44.4 Å². The van der Waals surface area contributed by atoms with Crippen molar-refractivity contribution in [1.82, 2.24) is 10.0 Å². The molecule has 0 radical (unpaired) electrons. The zero-order valence-electron chi connectivity index (χ0n) is 14.4. The van der Waals surface area contributed by atoms with Gasteiger partial charge in [-0.1, -0.05) is 12.1 Å². The Morgan fingerprint density at radius 3 is 2.48 bits per heavy atom. The summed E-state index contributed by atoms with van der Waals surface area (Å²) in [5, 5.41) is 2.71. The minimum Gasteiger partial charge on any atom is -0.377 e. The van der Waals surface area contributed by atoms with Crippen LogP contribution in [0.15, 0.2) is 29.2 Å². The third-order valence-electron chi connectivity index (χ3n) is 3.80. The highest BCUT2D eigenvalue weighted by atomic mass is 35.5. The SMILES string of the molecule is CC(C)(N)C(=O)NCc1ccc(S(=O)(=O)NCC2CCCO2)cc1.Cl. The first-order valence-corrected chi connectivity index (χ1v) is 9.44. The number of sulfonamides is 1. The summed E-state index contributed by atoms with van der Waals surface area (Å²) >= 11 is 0. The van der Waals surface area contributed by atoms with Gasteiger partial charge < -0.3 is 15.8 Å². The molecule has 1 aliphatic heterocycles. The molecule has 1 atom stereocenters. The fourth-order valence-electron chi connectivity index (χ4n) is 2.29. The maximum Gasteiger partial charge on any atom is 0.240 e. The number of rotatable bonds is 7. The molecule has 0 aromatic heterocycles. The molecule has 0 aliphatic carbocycles. The van der Waals surface area contributed by atoms with Gasteiger partial charge in [0, 0.05) is 19.7 Å². The lowest BCUT2D eigenvalue weighted by Crippen LogP contribution is -2.48. The lowest BCUT2D eigenvalue weighted by molar-refractivity contribution is -0.125. The molecule has 1 heterocycles. The van der Waals surface area contributed by atoms with E-state index in [1.54, 1.807) is 26.0 Å². The molecule has 7 nitrogen and oxygen atoms in total. The first-order chi connectivity index (χ1) is 11.2. The van der Waals surface area contributed by atoms with Gasteiger partial charge >= 0.3 is 0 Å². The highest BCUT2D eigenvalue weighted by Gasteiger charge is 2.22. The van der Waals surface area contributed by atoms with Gasteiger partial charge in [0.1, 0.15) is 0 Å². The standard InChI is InChI=1S/C16H25N3O4S.ClH/c1-16(2,17)15(20)18-10-12-5-7-14(8-6-12)24(21,22)19-11-13-4-3-9-23-13;/h5-8,13,19H,3-4,9-11,17H2,1-2H3,(H,18,20);1H. The second kappa shape index (κ2) is 8.95. The van der Waals surface area contributed by atoms with Crippen LogP contribution in [0.5, 0.6) is 0 Å². The molecule has 1 aromatic carbocycles. The lowest BCUT2D eigenvalue weighted by Gasteiger charge is -2.17. The van der Waals surface area contributed by atoms with Gasteiger partial charge in [0.2, 0.25) is 15.9 Å². The average Bonchev–Trinajstić information content (AvgIpc) is 3.03. The number of carbonyl (C=O) groups excluding carboxylic acids is 1. The molecule has 4 N–H and O–H groups in total. The summed E-state index contributed by atoms with van der Waals surface area (Å²) in [6.45, 7) is 4.51. The summed E-state index contributed by atoms with van der Waals surface area (Å²) in [5.74, 6) is -0.266. The fourth-order valence-corrected chi connectivity index (χ4v) is 3.35. The Balaban J connectivity index is 0.00000312. The number of carbonyl (C=O) groups is 1. The van der Waals surface area contributed by atoms with Crippen LogP contribution in [0.1, 0.15) is 32.3 Å². The predicted molar refractivity (Wildman–Crippen MR) is 98.0 cm³/mol. The zero-order chi connectivity index (χ0) is 17.8. The molecule has 0 saturated carbocycles. The minimum absolute atomic E-state index is 0. The van der Waals surface area contributed by atoms with Crippen molar-refractivity contribution in [2.75, 3.05) is 13.2 Å². The molecule has 1 aromatic rings. The van der Waals surface area contributed by atoms with Crippen LogP contribution >= 0.6 is 12.4 Å². The Labute approximate surface area is 155 Å². The molecule has 9 heteroatoms. The van der Waals surface area contributed by atoms with Crippen LogP contribution < -0.4 is 15.8 Å². The van der Waals surface area contributed by atoms with Gasteiger partial charge in [-0.15, -0.1) is 12.4 Å². The van der Waals surface area contributed by atoms with E-state index in [2.05, 4.69) is 10.0 Å². The van der Waals surface area contributed by atoms with E-state index < -0.39 is 15.6 Å². The van der Waals surface area contributed by atoms with E-state index >= 15 is 0 Å². The molecule has 142 valence electrons. The fraction of sp³-hybridized carbons (Fsp3) is 0.562. The third kappa shape index (κ3) is 6.56. The molecule has 1 aliphatic rings. The first-order valence-electron chi connectivity index (χ1n) is 7.96. The Kier molecular flexibility index (Phi) is 7.83. The van der Waals surface area contributed by atoms with E-state index in [-0.39, 0.29) is 35.9 Å². The maximum atomic E-state index is 12.2. The van der Waals surface area contributed by atoms with E-state index in [0.717, 1.165) is 18.4 Å². The van der Waals surface area contributed by atoms with Crippen molar-refractivity contribution >= 4 is 28.3 Å². The molecule has 1 unspecified atom stereocenters. The highest BCUT2D eigenvalue weighted by molar-refractivity contribution is 7.89. The van der Waals surface area contributed by atoms with Crippen molar-refractivity contribution in [2.45, 2.75) is 49.8 Å². The van der Waals surface area contributed by atoms with Crippen LogP contribution in [0.4, 0.5) is 0 Å². The summed E-state index contributed by atoms with van der Waals surface area (Å²) in [5.41, 5.74) is 5.55. The van der Waals surface area contributed by atoms with Crippen molar-refractivity contribution in [1.29, 1.82) is 0 Å². The normalized spacial score (nSPS) is 17.8. The van der Waals surface area contributed by atoms with Crippen LogP contribution in [0.2, 0.25) is 0 Å². The predicted octanol–water partition coefficient (Wildman–Crippen LogP) is 0.919. The van der Waals surface area contributed by atoms with Crippen LogP contribution in [-0.2, 0) is 26.1 Å². The van der Waals surface area contributed by atoms with Crippen LogP contribution in [0.3, 0.4) is 0 Å². The van der Waals surface area contributed by atoms with E-state index in [0.29, 0.717) is 13.2 Å². The molecule has 0 bridgehead atoms. The average molecular weight is 392 g/mol. The molecule has 2 rings (SSSR count). The number of nitrogens with two attached hydrogens (primary N) is 1. The monoisotopic (exact) mass is 391 g/mol. The Morgan fingerprint density at radius 1 is 1.32 bits per heavy atom. The second-order valence-corrected chi connectivity index (χ2v) is 8.30. The van der Waals surface area contributed by atoms with Crippen molar-refractivity contribution in [3.63, 3.8) is 0 Å². The molecule has 25 heavy (non-hydrogen) atoms. The third-order valence-corrected chi connectivity index (χ3v) is 5.24. The summed E-state index contributed by atoms with van der Waals surface area (Å²) in [4.78, 5) is 11.9. The summed E-state index contributed by atoms with van der Waals surface area (Å²) in [6.07, 6.45) is 1.79. The van der Waals surface area contributed by atoms with Gasteiger partial charge in [-0.3, -0.25) is 4.79 Å². The number of hydrogen-bond acceptors (Lipinski definition) is 5. The molecular formula is C16H26ClN3O4S. The number of amides is 1. The largest absolute Gasteiger partial charge is 0.377 e. The number of hydrogen-bond donors (Lipinski definition) is 3. The highest BCUT2D eigenvalue weighted by Crippen LogP contribution is 2.14. The smallest absolute Gasteiger partial charge is 0.240 e. The summed E-state index contributed by atoms with van der Waals surface area (Å²) < 4.78 is 32.5. The van der Waals surface area contributed by atoms with Crippen LogP contribution in [0.25, 0.3) is 0 Å². The topological polar surface area (TPSA) is 111 Å². The minimum atomic E-state index is -3.56. The Bertz CT molecular complexity index is 666. The summed E-state index contributed by atoms with van der Waals surface area (Å²) in [7, 11) is -3.56. The number of benzene rings is 1. The first kappa shape index (κ1) is 21.9. The lowest BCUT2D eigenvalue weighted by atomic mass is 10.1. The quantitative estimate of drug-likeness (QED) is 0.640. The molecule has 0 spiro atoms. The van der Waals surface area contributed by atoms with Crippen molar-refractivity contribution in [2.24, 2.45) is 5.73 Å². The molecule has 1 amide bonds. The molecular weight excluding hydrogens is 366 g/mol. The molecule has 1 fully saturated rings. The van der Waals surface area contributed by atoms with Crippen LogP contribution in [0, 0.1) is 0 Å². The Hall–Kier alpha value is -1.19. The number of halogens is 1. The van der Waals surface area contributed by atoms with Crippen molar-refractivity contribution in [3.8, 4) is 0 Å². The Morgan fingerprint density at radius 2 is 1.96 bits per heavy atom. The zero-order valence-corrected chi connectivity index (χ0v) is 16.1. The van der Waals surface area contributed by atoms with Gasteiger partial charge in [0.05, 0.1) is 16.5 Å². The van der Waals surface area contributed by atoms with E-state index in [1.165, 1.54) is 12.1 Å². The van der Waals surface area contributed by atoms with Crippen LogP contribution in [-0.4, -0.2) is 39.1 Å². The van der Waals surface area contributed by atoms with E-state index in [1.807, 2.05) is 0 Å². The van der Waals surface area contributed by atoms with Gasteiger partial charge in [0.15, 0.2) is 0 Å². The van der Waals surface area contributed by atoms with Crippen molar-refractivity contribution in [3.05, 3.63) is 29.8 Å². The number of ether oxygens (including phenoxy) is 1. The van der Waals surface area contributed by atoms with E-state index in [4.69, 9.17) is 10.5 Å². The summed E-state index contributed by atoms with van der Waals surface area (Å²) in [6, 6.07) is 6.38.